The molecule has 0 saturated carbocycles. The molecular formula is C17H19NOS. The number of ether oxygens (including phenoxy) is 1. The summed E-state index contributed by atoms with van der Waals surface area (Å²) in [4.78, 5) is 1.41. The Morgan fingerprint density at radius 3 is 2.70 bits per heavy atom. The highest BCUT2D eigenvalue weighted by atomic mass is 32.2. The fourth-order valence-electron chi connectivity index (χ4n) is 2.44. The topological polar surface area (TPSA) is 21.3 Å². The van der Waals surface area contributed by atoms with E-state index in [0.29, 0.717) is 5.25 Å². The van der Waals surface area contributed by atoms with Gasteiger partial charge in [0, 0.05) is 16.7 Å². The lowest BCUT2D eigenvalue weighted by molar-refractivity contribution is 0.317. The second-order valence-corrected chi connectivity index (χ2v) is 6.38. The van der Waals surface area contributed by atoms with Gasteiger partial charge in [-0.2, -0.15) is 0 Å². The molecule has 104 valence electrons. The van der Waals surface area contributed by atoms with E-state index in [9.17, 15) is 0 Å². The Kier molecular flexibility index (Phi) is 4.28. The van der Waals surface area contributed by atoms with E-state index in [-0.39, 0.29) is 0 Å². The van der Waals surface area contributed by atoms with Crippen molar-refractivity contribution < 1.29 is 4.74 Å². The van der Waals surface area contributed by atoms with Crippen LogP contribution in [0.5, 0.6) is 5.75 Å². The monoisotopic (exact) mass is 285 g/mol. The van der Waals surface area contributed by atoms with Gasteiger partial charge in [0.05, 0.1) is 0 Å². The molecule has 1 heterocycles. The molecule has 0 spiro atoms. The summed E-state index contributed by atoms with van der Waals surface area (Å²) < 4.78 is 5.91. The van der Waals surface area contributed by atoms with Crippen LogP contribution >= 0.6 is 11.8 Å². The molecule has 0 aromatic heterocycles. The standard InChI is InChI=1S/C17H19NOS/c1-18-11-13-6-8-15(9-7-13)19-12-16-10-14-4-2-3-5-17(14)20-16/h2-9,16,18H,10-12H2,1H3. The van der Waals surface area contributed by atoms with Crippen molar-refractivity contribution >= 4 is 11.8 Å². The molecule has 2 aromatic carbocycles. The lowest BCUT2D eigenvalue weighted by Gasteiger charge is -2.11. The average Bonchev–Trinajstić information content (AvgIpc) is 2.90. The highest BCUT2D eigenvalue weighted by Crippen LogP contribution is 2.36. The summed E-state index contributed by atoms with van der Waals surface area (Å²) in [7, 11) is 1.96. The van der Waals surface area contributed by atoms with Crippen LogP contribution in [0.3, 0.4) is 0 Å². The molecule has 0 saturated heterocycles. The van der Waals surface area contributed by atoms with Crippen molar-refractivity contribution in [1.29, 1.82) is 0 Å². The van der Waals surface area contributed by atoms with Crippen molar-refractivity contribution in [2.75, 3.05) is 13.7 Å². The maximum atomic E-state index is 5.91. The number of thioether (sulfide) groups is 1. The molecule has 3 rings (SSSR count). The van der Waals surface area contributed by atoms with Crippen LogP contribution in [0.4, 0.5) is 0 Å². The molecule has 1 aliphatic heterocycles. The summed E-state index contributed by atoms with van der Waals surface area (Å²) in [5.41, 5.74) is 2.73. The molecule has 1 N–H and O–H groups in total. The zero-order valence-electron chi connectivity index (χ0n) is 11.6. The fourth-order valence-corrected chi connectivity index (χ4v) is 3.66. The van der Waals surface area contributed by atoms with Gasteiger partial charge < -0.3 is 10.1 Å². The van der Waals surface area contributed by atoms with Gasteiger partial charge in [-0.3, -0.25) is 0 Å². The van der Waals surface area contributed by atoms with Gasteiger partial charge in [-0.15, -0.1) is 11.8 Å². The van der Waals surface area contributed by atoms with Crippen molar-refractivity contribution in [3.8, 4) is 5.75 Å². The number of benzene rings is 2. The minimum Gasteiger partial charge on any atom is -0.492 e. The van der Waals surface area contributed by atoms with Gasteiger partial charge in [0.2, 0.25) is 0 Å². The molecule has 0 fully saturated rings. The number of rotatable bonds is 5. The van der Waals surface area contributed by atoms with Crippen LogP contribution in [-0.2, 0) is 13.0 Å². The third kappa shape index (κ3) is 3.17. The smallest absolute Gasteiger partial charge is 0.119 e. The SMILES string of the molecule is CNCc1ccc(OCC2Cc3ccccc3S2)cc1. The number of hydrogen-bond acceptors (Lipinski definition) is 3. The number of nitrogens with one attached hydrogen (secondary N) is 1. The van der Waals surface area contributed by atoms with Gasteiger partial charge in [0.25, 0.3) is 0 Å². The van der Waals surface area contributed by atoms with Gasteiger partial charge in [-0.25, -0.2) is 0 Å². The van der Waals surface area contributed by atoms with Crippen molar-refractivity contribution in [3.63, 3.8) is 0 Å². The van der Waals surface area contributed by atoms with E-state index in [4.69, 9.17) is 4.74 Å². The third-order valence-corrected chi connectivity index (χ3v) is 4.74. The maximum Gasteiger partial charge on any atom is 0.119 e. The maximum absolute atomic E-state index is 5.91. The van der Waals surface area contributed by atoms with E-state index in [1.54, 1.807) is 0 Å². The molecule has 0 radical (unpaired) electrons. The van der Waals surface area contributed by atoms with Crippen LogP contribution in [-0.4, -0.2) is 18.9 Å². The third-order valence-electron chi connectivity index (χ3n) is 3.45. The lowest BCUT2D eigenvalue weighted by atomic mass is 10.1. The first-order valence-electron chi connectivity index (χ1n) is 6.96. The average molecular weight is 285 g/mol. The van der Waals surface area contributed by atoms with Crippen LogP contribution < -0.4 is 10.1 Å². The van der Waals surface area contributed by atoms with Crippen molar-refractivity contribution in [1.82, 2.24) is 5.32 Å². The quantitative estimate of drug-likeness (QED) is 0.908. The van der Waals surface area contributed by atoms with E-state index < -0.39 is 0 Å². The number of hydrogen-bond donors (Lipinski definition) is 1. The minimum atomic E-state index is 0.532. The lowest BCUT2D eigenvalue weighted by Crippen LogP contribution is -2.13. The van der Waals surface area contributed by atoms with E-state index in [1.165, 1.54) is 16.0 Å². The second kappa shape index (κ2) is 6.33. The Morgan fingerprint density at radius 2 is 1.95 bits per heavy atom. The van der Waals surface area contributed by atoms with Crippen LogP contribution in [0.25, 0.3) is 0 Å². The van der Waals surface area contributed by atoms with Crippen molar-refractivity contribution in [3.05, 3.63) is 59.7 Å². The molecule has 0 bridgehead atoms. The van der Waals surface area contributed by atoms with Crippen molar-refractivity contribution in [2.24, 2.45) is 0 Å². The molecule has 0 aliphatic carbocycles. The van der Waals surface area contributed by atoms with Crippen LogP contribution in [0.2, 0.25) is 0 Å². The summed E-state index contributed by atoms with van der Waals surface area (Å²) in [5.74, 6) is 0.960. The Bertz CT molecular complexity index is 542. The first-order valence-corrected chi connectivity index (χ1v) is 7.84. The Morgan fingerprint density at radius 1 is 1.15 bits per heavy atom. The fraction of sp³-hybridized carbons (Fsp3) is 0.294. The second-order valence-electron chi connectivity index (χ2n) is 5.04. The van der Waals surface area contributed by atoms with E-state index in [2.05, 4.69) is 53.8 Å². The van der Waals surface area contributed by atoms with E-state index in [1.807, 2.05) is 18.8 Å². The van der Waals surface area contributed by atoms with Gasteiger partial charge >= 0.3 is 0 Å². The largest absolute Gasteiger partial charge is 0.492 e. The predicted molar refractivity (Wildman–Crippen MR) is 84.5 cm³/mol. The highest BCUT2D eigenvalue weighted by molar-refractivity contribution is 8.00. The summed E-state index contributed by atoms with van der Waals surface area (Å²) >= 11 is 1.93. The summed E-state index contributed by atoms with van der Waals surface area (Å²) in [6, 6.07) is 17.0. The zero-order valence-corrected chi connectivity index (χ0v) is 12.5. The van der Waals surface area contributed by atoms with Crippen LogP contribution in [0.1, 0.15) is 11.1 Å². The summed E-state index contributed by atoms with van der Waals surface area (Å²) in [5, 5.41) is 3.68. The Labute approximate surface area is 124 Å². The first kappa shape index (κ1) is 13.5. The Hall–Kier alpha value is -1.45. The predicted octanol–water partition coefficient (Wildman–Crippen LogP) is 3.50. The first-order chi connectivity index (χ1) is 9.85. The van der Waals surface area contributed by atoms with E-state index >= 15 is 0 Å². The van der Waals surface area contributed by atoms with Crippen molar-refractivity contribution in [2.45, 2.75) is 23.1 Å². The number of fused-ring (bicyclic) bond motifs is 1. The van der Waals surface area contributed by atoms with E-state index in [0.717, 1.165) is 25.3 Å². The van der Waals surface area contributed by atoms with Gasteiger partial charge in [-0.1, -0.05) is 30.3 Å². The molecule has 1 aliphatic rings. The van der Waals surface area contributed by atoms with Crippen LogP contribution in [0.15, 0.2) is 53.4 Å². The molecule has 1 unspecified atom stereocenters. The molecular weight excluding hydrogens is 266 g/mol. The zero-order chi connectivity index (χ0) is 13.8. The summed E-state index contributed by atoms with van der Waals surface area (Å²) in [6.45, 7) is 1.67. The minimum absolute atomic E-state index is 0.532. The molecule has 2 nitrogen and oxygen atoms in total. The van der Waals surface area contributed by atoms with Gasteiger partial charge in [-0.05, 0) is 42.8 Å². The summed E-state index contributed by atoms with van der Waals surface area (Å²) in [6.07, 6.45) is 1.11. The highest BCUT2D eigenvalue weighted by Gasteiger charge is 2.22. The Balaban J connectivity index is 1.53. The molecule has 0 amide bonds. The van der Waals surface area contributed by atoms with Gasteiger partial charge in [0.15, 0.2) is 0 Å². The molecule has 3 heteroatoms. The normalized spacial score (nSPS) is 16.9. The molecule has 2 aromatic rings. The van der Waals surface area contributed by atoms with Crippen LogP contribution in [0, 0.1) is 0 Å². The van der Waals surface area contributed by atoms with Gasteiger partial charge in [0.1, 0.15) is 12.4 Å². The molecule has 1 atom stereocenters. The molecule has 20 heavy (non-hydrogen) atoms.